The number of benzene rings is 2. The van der Waals surface area contributed by atoms with E-state index in [4.69, 9.17) is 4.74 Å². The first-order valence-corrected chi connectivity index (χ1v) is 6.63. The minimum atomic E-state index is -0.789. The Morgan fingerprint density at radius 1 is 1.05 bits per heavy atom. The standard InChI is InChI=1S/C14H11BrF3NO/c15-10-7-9(16)8-12(18)14(10)20-6-5-19-13-4-2-1-3-11(13)17/h1-4,7-8,19H,5-6H2. The summed E-state index contributed by atoms with van der Waals surface area (Å²) < 4.78 is 45.0. The molecule has 0 spiro atoms. The first-order chi connectivity index (χ1) is 9.58. The number of halogens is 4. The predicted octanol–water partition coefficient (Wildman–Crippen LogP) is 4.36. The van der Waals surface area contributed by atoms with Crippen LogP contribution in [0.25, 0.3) is 0 Å². The molecule has 0 aliphatic heterocycles. The minimum Gasteiger partial charge on any atom is -0.487 e. The van der Waals surface area contributed by atoms with Crippen LogP contribution in [0.15, 0.2) is 40.9 Å². The molecule has 0 heterocycles. The zero-order valence-electron chi connectivity index (χ0n) is 10.3. The van der Waals surface area contributed by atoms with Crippen LogP contribution >= 0.6 is 15.9 Å². The lowest BCUT2D eigenvalue weighted by molar-refractivity contribution is 0.311. The van der Waals surface area contributed by atoms with Gasteiger partial charge in [-0.05, 0) is 34.1 Å². The van der Waals surface area contributed by atoms with Crippen LogP contribution in [0.3, 0.4) is 0 Å². The van der Waals surface area contributed by atoms with E-state index < -0.39 is 11.6 Å². The maximum Gasteiger partial charge on any atom is 0.169 e. The number of hydrogen-bond donors (Lipinski definition) is 1. The highest BCUT2D eigenvalue weighted by atomic mass is 79.9. The molecule has 2 aromatic rings. The summed E-state index contributed by atoms with van der Waals surface area (Å²) >= 11 is 3.02. The number of para-hydroxylation sites is 1. The summed E-state index contributed by atoms with van der Waals surface area (Å²) in [5.74, 6) is -1.92. The normalized spacial score (nSPS) is 10.4. The largest absolute Gasteiger partial charge is 0.487 e. The first kappa shape index (κ1) is 14.7. The van der Waals surface area contributed by atoms with Crippen LogP contribution < -0.4 is 10.1 Å². The smallest absolute Gasteiger partial charge is 0.169 e. The van der Waals surface area contributed by atoms with Gasteiger partial charge in [-0.1, -0.05) is 12.1 Å². The van der Waals surface area contributed by atoms with Crippen molar-refractivity contribution < 1.29 is 17.9 Å². The lowest BCUT2D eigenvalue weighted by atomic mass is 10.3. The first-order valence-electron chi connectivity index (χ1n) is 5.83. The van der Waals surface area contributed by atoms with Crippen molar-refractivity contribution in [1.82, 2.24) is 0 Å². The average Bonchev–Trinajstić information content (AvgIpc) is 2.38. The lowest BCUT2D eigenvalue weighted by Crippen LogP contribution is -2.13. The minimum absolute atomic E-state index is 0.0678. The topological polar surface area (TPSA) is 21.3 Å². The Kier molecular flexibility index (Phi) is 4.89. The van der Waals surface area contributed by atoms with Gasteiger partial charge in [0.2, 0.25) is 0 Å². The average molecular weight is 346 g/mol. The molecule has 0 saturated heterocycles. The van der Waals surface area contributed by atoms with Crippen LogP contribution in [-0.4, -0.2) is 13.2 Å². The zero-order chi connectivity index (χ0) is 14.5. The molecular weight excluding hydrogens is 335 g/mol. The third-order valence-electron chi connectivity index (χ3n) is 2.50. The molecule has 0 bridgehead atoms. The molecule has 0 radical (unpaired) electrons. The maximum absolute atomic E-state index is 13.5. The maximum atomic E-state index is 13.5. The van der Waals surface area contributed by atoms with Gasteiger partial charge in [0.1, 0.15) is 18.2 Å². The van der Waals surface area contributed by atoms with Gasteiger partial charge in [-0.15, -0.1) is 0 Å². The fourth-order valence-corrected chi connectivity index (χ4v) is 2.13. The van der Waals surface area contributed by atoms with E-state index >= 15 is 0 Å². The molecule has 0 aromatic heterocycles. The number of anilines is 1. The Balaban J connectivity index is 1.90. The second kappa shape index (κ2) is 6.65. The molecule has 0 saturated carbocycles. The van der Waals surface area contributed by atoms with E-state index in [-0.39, 0.29) is 29.2 Å². The fraction of sp³-hybridized carbons (Fsp3) is 0.143. The summed E-state index contributed by atoms with van der Waals surface area (Å²) in [6, 6.07) is 8.06. The monoisotopic (exact) mass is 345 g/mol. The van der Waals surface area contributed by atoms with E-state index in [2.05, 4.69) is 21.2 Å². The summed E-state index contributed by atoms with van der Waals surface area (Å²) in [5, 5.41) is 2.82. The number of rotatable bonds is 5. The number of hydrogen-bond acceptors (Lipinski definition) is 2. The molecule has 2 nitrogen and oxygen atoms in total. The van der Waals surface area contributed by atoms with Gasteiger partial charge in [-0.2, -0.15) is 0 Å². The van der Waals surface area contributed by atoms with Crippen molar-refractivity contribution in [1.29, 1.82) is 0 Å². The van der Waals surface area contributed by atoms with Gasteiger partial charge >= 0.3 is 0 Å². The van der Waals surface area contributed by atoms with Crippen molar-refractivity contribution in [2.45, 2.75) is 0 Å². The van der Waals surface area contributed by atoms with E-state index in [1.54, 1.807) is 18.2 Å². The molecule has 0 atom stereocenters. The highest BCUT2D eigenvalue weighted by molar-refractivity contribution is 9.10. The van der Waals surface area contributed by atoms with E-state index in [0.717, 1.165) is 12.1 Å². The molecule has 0 unspecified atom stereocenters. The van der Waals surface area contributed by atoms with Gasteiger partial charge in [0.05, 0.1) is 10.2 Å². The number of ether oxygens (including phenoxy) is 1. The van der Waals surface area contributed by atoms with Crippen LogP contribution in [0.1, 0.15) is 0 Å². The molecule has 0 aliphatic rings. The Morgan fingerprint density at radius 2 is 1.80 bits per heavy atom. The van der Waals surface area contributed by atoms with E-state index in [1.165, 1.54) is 6.07 Å². The molecule has 0 aliphatic carbocycles. The predicted molar refractivity (Wildman–Crippen MR) is 74.4 cm³/mol. The van der Waals surface area contributed by atoms with Crippen molar-refractivity contribution >= 4 is 21.6 Å². The third kappa shape index (κ3) is 3.66. The molecule has 2 rings (SSSR count). The molecule has 1 N–H and O–H groups in total. The van der Waals surface area contributed by atoms with E-state index in [9.17, 15) is 13.2 Å². The van der Waals surface area contributed by atoms with Crippen LogP contribution in [0.5, 0.6) is 5.75 Å². The van der Waals surface area contributed by atoms with E-state index in [0.29, 0.717) is 5.69 Å². The fourth-order valence-electron chi connectivity index (χ4n) is 1.61. The summed E-state index contributed by atoms with van der Waals surface area (Å²) in [5.41, 5.74) is 0.342. The Morgan fingerprint density at radius 3 is 2.50 bits per heavy atom. The Labute approximate surface area is 122 Å². The second-order valence-electron chi connectivity index (χ2n) is 3.95. The second-order valence-corrected chi connectivity index (χ2v) is 4.81. The van der Waals surface area contributed by atoms with Crippen molar-refractivity contribution in [3.8, 4) is 5.75 Å². The molecule has 20 heavy (non-hydrogen) atoms. The van der Waals surface area contributed by atoms with Gasteiger partial charge in [0, 0.05) is 12.6 Å². The molecular formula is C14H11BrF3NO. The van der Waals surface area contributed by atoms with Crippen LogP contribution in [0, 0.1) is 17.5 Å². The van der Waals surface area contributed by atoms with Gasteiger partial charge < -0.3 is 10.1 Å². The summed E-state index contributed by atoms with van der Waals surface area (Å²) in [4.78, 5) is 0. The quantitative estimate of drug-likeness (QED) is 0.813. The van der Waals surface area contributed by atoms with E-state index in [1.807, 2.05) is 0 Å². The lowest BCUT2D eigenvalue weighted by Gasteiger charge is -2.11. The SMILES string of the molecule is Fc1cc(F)c(OCCNc2ccccc2F)c(Br)c1. The highest BCUT2D eigenvalue weighted by Gasteiger charge is 2.10. The van der Waals surface area contributed by atoms with Crippen LogP contribution in [-0.2, 0) is 0 Å². The summed E-state index contributed by atoms with van der Waals surface area (Å²) in [6.07, 6.45) is 0. The Hall–Kier alpha value is -1.69. The summed E-state index contributed by atoms with van der Waals surface area (Å²) in [6.45, 7) is 0.389. The molecule has 0 amide bonds. The molecule has 6 heteroatoms. The van der Waals surface area contributed by atoms with Crippen LogP contribution in [0.4, 0.5) is 18.9 Å². The molecule has 0 fully saturated rings. The van der Waals surface area contributed by atoms with Crippen molar-refractivity contribution in [3.63, 3.8) is 0 Å². The van der Waals surface area contributed by atoms with Gasteiger partial charge in [-0.3, -0.25) is 0 Å². The molecule has 2 aromatic carbocycles. The highest BCUT2D eigenvalue weighted by Crippen LogP contribution is 2.29. The molecule has 106 valence electrons. The van der Waals surface area contributed by atoms with Crippen molar-refractivity contribution in [3.05, 3.63) is 58.3 Å². The number of nitrogens with one attached hydrogen (secondary N) is 1. The third-order valence-corrected chi connectivity index (χ3v) is 3.09. The van der Waals surface area contributed by atoms with Crippen molar-refractivity contribution in [2.75, 3.05) is 18.5 Å². The summed E-state index contributed by atoms with van der Waals surface area (Å²) in [7, 11) is 0. The Bertz CT molecular complexity index is 584. The van der Waals surface area contributed by atoms with Crippen molar-refractivity contribution in [2.24, 2.45) is 0 Å². The van der Waals surface area contributed by atoms with Gasteiger partial charge in [0.25, 0.3) is 0 Å². The zero-order valence-corrected chi connectivity index (χ0v) is 11.9. The van der Waals surface area contributed by atoms with Crippen LogP contribution in [0.2, 0.25) is 0 Å². The van der Waals surface area contributed by atoms with Gasteiger partial charge in [0.15, 0.2) is 11.6 Å². The van der Waals surface area contributed by atoms with Gasteiger partial charge in [-0.25, -0.2) is 13.2 Å².